The predicted molar refractivity (Wildman–Crippen MR) is 130 cm³/mol. The summed E-state index contributed by atoms with van der Waals surface area (Å²) in [5.74, 6) is -1.51. The van der Waals surface area contributed by atoms with Crippen molar-refractivity contribution < 1.29 is 29.0 Å². The number of alkyl carbamates (subject to hydrolysis) is 1. The van der Waals surface area contributed by atoms with Crippen molar-refractivity contribution in [1.82, 2.24) is 10.2 Å². The summed E-state index contributed by atoms with van der Waals surface area (Å²) >= 11 is 0. The first-order chi connectivity index (χ1) is 16.8. The number of carbonyl (C=O) groups is 3. The van der Waals surface area contributed by atoms with Crippen LogP contribution in [0.2, 0.25) is 0 Å². The van der Waals surface area contributed by atoms with E-state index in [1.165, 1.54) is 18.9 Å². The van der Waals surface area contributed by atoms with Crippen LogP contribution < -0.4 is 5.32 Å². The molecule has 2 N–H and O–H groups in total. The minimum atomic E-state index is -1.34. The van der Waals surface area contributed by atoms with Crippen molar-refractivity contribution in [1.29, 1.82) is 0 Å². The van der Waals surface area contributed by atoms with E-state index >= 15 is 0 Å². The Bertz CT molecular complexity index is 1130. The van der Waals surface area contributed by atoms with Gasteiger partial charge in [0.15, 0.2) is 0 Å². The van der Waals surface area contributed by atoms with Crippen LogP contribution in [0.15, 0.2) is 60.2 Å². The Kier molecular flexibility index (Phi) is 6.93. The van der Waals surface area contributed by atoms with E-state index < -0.39 is 23.5 Å². The second kappa shape index (κ2) is 9.92. The predicted octanol–water partition coefficient (Wildman–Crippen LogP) is 3.56. The maximum Gasteiger partial charge on any atom is 0.407 e. The van der Waals surface area contributed by atoms with Gasteiger partial charge < -0.3 is 24.8 Å². The topological polar surface area (TPSA) is 105 Å². The summed E-state index contributed by atoms with van der Waals surface area (Å²) in [6, 6.07) is 16.2. The molecule has 2 unspecified atom stereocenters. The van der Waals surface area contributed by atoms with E-state index in [0.29, 0.717) is 5.57 Å². The van der Waals surface area contributed by atoms with Gasteiger partial charge in [-0.15, -0.1) is 0 Å². The van der Waals surface area contributed by atoms with Gasteiger partial charge in [0.25, 0.3) is 0 Å². The second-order valence-corrected chi connectivity index (χ2v) is 9.15. The van der Waals surface area contributed by atoms with Crippen LogP contribution in [0.4, 0.5) is 4.79 Å². The standard InChI is InChI=1S/C27H30N2O6/c1-17(24(30)29-15-18(34-3)14-27(29,2)25(31)32)12-13-28-26(33)35-16-23-21-10-6-4-8-19(21)20-9-5-7-11-22(20)23/h4-12,18,23H,13-16H2,1-3H3,(H,28,33)(H,31,32)/b17-12+. The monoisotopic (exact) mass is 478 g/mol. The first kappa shape index (κ1) is 24.5. The molecule has 35 heavy (non-hydrogen) atoms. The summed E-state index contributed by atoms with van der Waals surface area (Å²) in [4.78, 5) is 38.4. The number of methoxy groups -OCH3 is 1. The molecule has 8 heteroatoms. The number of carboxylic acids is 1. The Morgan fingerprint density at radius 2 is 1.71 bits per heavy atom. The fraction of sp³-hybridized carbons (Fsp3) is 0.370. The van der Waals surface area contributed by atoms with Gasteiger partial charge >= 0.3 is 12.1 Å². The molecule has 2 aromatic rings. The number of hydrogen-bond donors (Lipinski definition) is 2. The minimum absolute atomic E-state index is 0.0374. The highest BCUT2D eigenvalue weighted by atomic mass is 16.5. The number of carbonyl (C=O) groups excluding carboxylic acids is 2. The summed E-state index contributed by atoms with van der Waals surface area (Å²) in [5.41, 5.74) is 3.56. The van der Waals surface area contributed by atoms with Gasteiger partial charge in [0.2, 0.25) is 5.91 Å². The molecule has 0 spiro atoms. The number of nitrogens with one attached hydrogen (secondary N) is 1. The summed E-state index contributed by atoms with van der Waals surface area (Å²) in [6.45, 7) is 3.60. The molecule has 0 radical (unpaired) electrons. The molecular formula is C27H30N2O6. The smallest absolute Gasteiger partial charge is 0.407 e. The van der Waals surface area contributed by atoms with Crippen LogP contribution in [-0.4, -0.2) is 66.4 Å². The third-order valence-electron chi connectivity index (χ3n) is 6.98. The lowest BCUT2D eigenvalue weighted by atomic mass is 9.98. The summed E-state index contributed by atoms with van der Waals surface area (Å²) in [6.07, 6.45) is 0.855. The zero-order valence-electron chi connectivity index (χ0n) is 20.1. The van der Waals surface area contributed by atoms with Crippen molar-refractivity contribution in [2.75, 3.05) is 26.8 Å². The first-order valence-corrected chi connectivity index (χ1v) is 11.6. The Labute approximate surface area is 204 Å². The van der Waals surface area contributed by atoms with Gasteiger partial charge in [0, 0.05) is 38.1 Å². The Balaban J connectivity index is 1.34. The number of nitrogens with zero attached hydrogens (tertiary/aromatic N) is 1. The van der Waals surface area contributed by atoms with Gasteiger partial charge in [-0.2, -0.15) is 0 Å². The van der Waals surface area contributed by atoms with Crippen LogP contribution in [0.1, 0.15) is 37.3 Å². The lowest BCUT2D eigenvalue weighted by Crippen LogP contribution is -2.51. The molecule has 2 amide bonds. The highest BCUT2D eigenvalue weighted by Crippen LogP contribution is 2.44. The SMILES string of the molecule is COC1CN(C(=O)/C(C)=C/CNC(=O)OCC2c3ccccc3-c3ccccc32)C(C)(C(=O)O)C1. The zero-order chi connectivity index (χ0) is 25.2. The van der Waals surface area contributed by atoms with E-state index in [9.17, 15) is 19.5 Å². The Morgan fingerprint density at radius 1 is 1.11 bits per heavy atom. The third-order valence-corrected chi connectivity index (χ3v) is 6.98. The fourth-order valence-corrected chi connectivity index (χ4v) is 4.93. The summed E-state index contributed by atoms with van der Waals surface area (Å²) in [5, 5.41) is 12.3. The lowest BCUT2D eigenvalue weighted by Gasteiger charge is -2.31. The molecule has 1 aliphatic carbocycles. The van der Waals surface area contributed by atoms with Crippen molar-refractivity contribution in [3.8, 4) is 11.1 Å². The molecule has 1 saturated heterocycles. The largest absolute Gasteiger partial charge is 0.480 e. The average molecular weight is 479 g/mol. The van der Waals surface area contributed by atoms with Gasteiger partial charge in [-0.1, -0.05) is 54.6 Å². The van der Waals surface area contributed by atoms with Crippen molar-refractivity contribution in [2.45, 2.75) is 37.8 Å². The number of fused-ring (bicyclic) bond motifs is 3. The van der Waals surface area contributed by atoms with Crippen LogP contribution in [0, 0.1) is 0 Å². The van der Waals surface area contributed by atoms with E-state index in [0.717, 1.165) is 22.3 Å². The van der Waals surface area contributed by atoms with Crippen LogP contribution in [0.25, 0.3) is 11.1 Å². The van der Waals surface area contributed by atoms with E-state index in [4.69, 9.17) is 9.47 Å². The van der Waals surface area contributed by atoms with Crippen molar-refractivity contribution in [3.05, 3.63) is 71.3 Å². The number of benzene rings is 2. The molecule has 1 heterocycles. The van der Waals surface area contributed by atoms with Gasteiger partial charge in [-0.05, 0) is 36.1 Å². The molecular weight excluding hydrogens is 448 g/mol. The summed E-state index contributed by atoms with van der Waals surface area (Å²) < 4.78 is 10.8. The highest BCUT2D eigenvalue weighted by Gasteiger charge is 2.50. The fourth-order valence-electron chi connectivity index (χ4n) is 4.93. The Morgan fingerprint density at radius 3 is 2.29 bits per heavy atom. The van der Waals surface area contributed by atoms with Crippen molar-refractivity contribution in [3.63, 3.8) is 0 Å². The molecule has 1 fully saturated rings. The molecule has 0 saturated carbocycles. The number of carboxylic acid groups (broad SMARTS) is 1. The van der Waals surface area contributed by atoms with Crippen LogP contribution in [0.3, 0.4) is 0 Å². The normalized spacial score (nSPS) is 21.4. The number of aliphatic carboxylic acids is 1. The molecule has 2 atom stereocenters. The van der Waals surface area contributed by atoms with E-state index in [1.807, 2.05) is 24.3 Å². The number of ether oxygens (including phenoxy) is 2. The number of likely N-dealkylation sites (tertiary alicyclic amines) is 1. The maximum atomic E-state index is 12.9. The minimum Gasteiger partial charge on any atom is -0.480 e. The van der Waals surface area contributed by atoms with Crippen molar-refractivity contribution >= 4 is 18.0 Å². The summed E-state index contributed by atoms with van der Waals surface area (Å²) in [7, 11) is 1.50. The van der Waals surface area contributed by atoms with Gasteiger partial charge in [0.05, 0.1) is 6.10 Å². The lowest BCUT2D eigenvalue weighted by molar-refractivity contribution is -0.153. The zero-order valence-corrected chi connectivity index (χ0v) is 20.1. The van der Waals surface area contributed by atoms with E-state index in [-0.39, 0.29) is 38.1 Å². The number of amides is 2. The maximum absolute atomic E-state index is 12.9. The average Bonchev–Trinajstić information content (AvgIpc) is 3.38. The molecule has 2 aromatic carbocycles. The Hall–Kier alpha value is -3.65. The molecule has 1 aliphatic heterocycles. The van der Waals surface area contributed by atoms with Crippen molar-refractivity contribution in [2.24, 2.45) is 0 Å². The number of hydrogen-bond acceptors (Lipinski definition) is 5. The van der Waals surface area contributed by atoms with Gasteiger partial charge in [-0.3, -0.25) is 4.79 Å². The van der Waals surface area contributed by atoms with Gasteiger partial charge in [0.1, 0.15) is 12.1 Å². The molecule has 2 aliphatic rings. The second-order valence-electron chi connectivity index (χ2n) is 9.15. The number of rotatable bonds is 7. The highest BCUT2D eigenvalue weighted by molar-refractivity contribution is 5.97. The molecule has 0 aromatic heterocycles. The van der Waals surface area contributed by atoms with E-state index in [1.54, 1.807) is 13.0 Å². The molecule has 0 bridgehead atoms. The van der Waals surface area contributed by atoms with Gasteiger partial charge in [-0.25, -0.2) is 9.59 Å². The third kappa shape index (κ3) is 4.66. The van der Waals surface area contributed by atoms with E-state index in [2.05, 4.69) is 29.6 Å². The quantitative estimate of drug-likeness (QED) is 0.590. The molecule has 184 valence electrons. The van der Waals surface area contributed by atoms with Crippen LogP contribution >= 0.6 is 0 Å². The molecule has 4 rings (SSSR count). The van der Waals surface area contributed by atoms with Crippen LogP contribution in [-0.2, 0) is 19.1 Å². The van der Waals surface area contributed by atoms with Crippen LogP contribution in [0.5, 0.6) is 0 Å². The first-order valence-electron chi connectivity index (χ1n) is 11.6. The molecule has 8 nitrogen and oxygen atoms in total.